The number of fused-ring (bicyclic) bond motifs is 1. The van der Waals surface area contributed by atoms with Crippen molar-refractivity contribution in [2.75, 3.05) is 6.61 Å². The number of rotatable bonds is 4. The summed E-state index contributed by atoms with van der Waals surface area (Å²) in [4.78, 5) is 0. The molecule has 1 aromatic heterocycles. The molecule has 3 heteroatoms. The topological polar surface area (TPSA) is 48.4 Å². The third-order valence-corrected chi connectivity index (χ3v) is 3.37. The average Bonchev–Trinajstić information content (AvgIpc) is 2.70. The smallest absolute Gasteiger partial charge is 0.134 e. The van der Waals surface area contributed by atoms with Crippen molar-refractivity contribution in [3.8, 4) is 0 Å². The number of benzene rings is 1. The summed E-state index contributed by atoms with van der Waals surface area (Å²) in [6.07, 6.45) is 4.05. The largest absolute Gasteiger partial charge is 0.459 e. The molecule has 1 aliphatic rings. The van der Waals surface area contributed by atoms with Crippen LogP contribution in [0.1, 0.15) is 31.1 Å². The van der Waals surface area contributed by atoms with Crippen LogP contribution in [0.15, 0.2) is 34.7 Å². The first-order valence-electron chi connectivity index (χ1n) is 6.18. The fraction of sp³-hybridized carbons (Fsp3) is 0.429. The van der Waals surface area contributed by atoms with E-state index in [0.717, 1.165) is 16.7 Å². The molecule has 0 aliphatic heterocycles. The normalized spacial score (nSPS) is 18.2. The van der Waals surface area contributed by atoms with E-state index in [0.29, 0.717) is 12.7 Å². The predicted octanol–water partition coefficient (Wildman–Crippen LogP) is 3.00. The zero-order valence-electron chi connectivity index (χ0n) is 9.76. The molecule has 17 heavy (non-hydrogen) atoms. The van der Waals surface area contributed by atoms with Gasteiger partial charge < -0.3 is 14.9 Å². The second-order valence-electron chi connectivity index (χ2n) is 4.68. The fourth-order valence-electron chi connectivity index (χ4n) is 2.04. The lowest BCUT2D eigenvalue weighted by atomic mass is 9.96. The Morgan fingerprint density at radius 2 is 2.18 bits per heavy atom. The van der Waals surface area contributed by atoms with Crippen LogP contribution in [0, 0.1) is 0 Å². The van der Waals surface area contributed by atoms with Crippen LogP contribution in [0.5, 0.6) is 0 Å². The summed E-state index contributed by atoms with van der Waals surface area (Å²) in [5.41, 5.74) is 6.96. The van der Waals surface area contributed by atoms with Crippen LogP contribution in [0.2, 0.25) is 0 Å². The van der Waals surface area contributed by atoms with Gasteiger partial charge in [0, 0.05) is 5.39 Å². The molecule has 1 unspecified atom stereocenters. The van der Waals surface area contributed by atoms with E-state index in [9.17, 15) is 0 Å². The zero-order chi connectivity index (χ0) is 11.7. The van der Waals surface area contributed by atoms with Crippen LogP contribution in [0.25, 0.3) is 11.0 Å². The summed E-state index contributed by atoms with van der Waals surface area (Å²) in [6, 6.07) is 9.79. The highest BCUT2D eigenvalue weighted by Crippen LogP contribution is 2.26. The minimum absolute atomic E-state index is 0.164. The van der Waals surface area contributed by atoms with Crippen LogP contribution in [-0.4, -0.2) is 12.7 Å². The van der Waals surface area contributed by atoms with Gasteiger partial charge in [0.15, 0.2) is 0 Å². The molecule has 90 valence electrons. The van der Waals surface area contributed by atoms with Gasteiger partial charge in [0.2, 0.25) is 0 Å². The molecule has 1 heterocycles. The highest BCUT2D eigenvalue weighted by molar-refractivity contribution is 5.77. The van der Waals surface area contributed by atoms with Crippen LogP contribution in [-0.2, 0) is 4.74 Å². The SMILES string of the molecule is NC(COC1CCC1)c1cc2ccccc2o1. The maximum absolute atomic E-state index is 6.07. The van der Waals surface area contributed by atoms with Crippen molar-refractivity contribution < 1.29 is 9.15 Å². The van der Waals surface area contributed by atoms with Crippen molar-refractivity contribution >= 4 is 11.0 Å². The zero-order valence-corrected chi connectivity index (χ0v) is 9.76. The molecule has 0 bridgehead atoms. The van der Waals surface area contributed by atoms with Crippen molar-refractivity contribution in [2.24, 2.45) is 5.73 Å². The van der Waals surface area contributed by atoms with E-state index < -0.39 is 0 Å². The van der Waals surface area contributed by atoms with Gasteiger partial charge in [0.1, 0.15) is 11.3 Å². The van der Waals surface area contributed by atoms with Gasteiger partial charge in [0.05, 0.1) is 18.8 Å². The lowest BCUT2D eigenvalue weighted by molar-refractivity contribution is -0.00634. The van der Waals surface area contributed by atoms with E-state index in [1.165, 1.54) is 19.3 Å². The van der Waals surface area contributed by atoms with Crippen LogP contribution in [0.3, 0.4) is 0 Å². The molecule has 0 radical (unpaired) electrons. The fourth-order valence-corrected chi connectivity index (χ4v) is 2.04. The summed E-state index contributed by atoms with van der Waals surface area (Å²) in [5.74, 6) is 0.811. The number of para-hydroxylation sites is 1. The van der Waals surface area contributed by atoms with Crippen molar-refractivity contribution in [1.29, 1.82) is 0 Å². The number of ether oxygens (including phenoxy) is 1. The van der Waals surface area contributed by atoms with Gasteiger partial charge >= 0.3 is 0 Å². The second-order valence-corrected chi connectivity index (χ2v) is 4.68. The second kappa shape index (κ2) is 4.51. The van der Waals surface area contributed by atoms with Crippen molar-refractivity contribution in [3.05, 3.63) is 36.1 Å². The van der Waals surface area contributed by atoms with Crippen LogP contribution < -0.4 is 5.73 Å². The van der Waals surface area contributed by atoms with Gasteiger partial charge in [0.25, 0.3) is 0 Å². The molecule has 1 atom stereocenters. The minimum Gasteiger partial charge on any atom is -0.459 e. The molecule has 1 aliphatic carbocycles. The molecule has 2 aromatic rings. The molecule has 0 saturated heterocycles. The Morgan fingerprint density at radius 3 is 2.88 bits per heavy atom. The molecule has 2 N–H and O–H groups in total. The van der Waals surface area contributed by atoms with Crippen molar-refractivity contribution in [2.45, 2.75) is 31.4 Å². The Labute approximate surface area is 101 Å². The van der Waals surface area contributed by atoms with E-state index in [1.807, 2.05) is 30.3 Å². The van der Waals surface area contributed by atoms with E-state index in [2.05, 4.69) is 0 Å². The summed E-state index contributed by atoms with van der Waals surface area (Å²) < 4.78 is 11.4. The quantitative estimate of drug-likeness (QED) is 0.880. The molecule has 0 spiro atoms. The third kappa shape index (κ3) is 2.21. The summed E-state index contributed by atoms with van der Waals surface area (Å²) >= 11 is 0. The monoisotopic (exact) mass is 231 g/mol. The van der Waals surface area contributed by atoms with Gasteiger partial charge in [-0.05, 0) is 31.4 Å². The number of hydrogen-bond acceptors (Lipinski definition) is 3. The number of hydrogen-bond donors (Lipinski definition) is 1. The number of furan rings is 1. The summed E-state index contributed by atoms with van der Waals surface area (Å²) in [6.45, 7) is 0.546. The average molecular weight is 231 g/mol. The molecule has 1 saturated carbocycles. The minimum atomic E-state index is -0.164. The first kappa shape index (κ1) is 10.8. The van der Waals surface area contributed by atoms with E-state index in [4.69, 9.17) is 14.9 Å². The standard InChI is InChI=1S/C14H17NO2/c15-12(9-16-11-5-3-6-11)14-8-10-4-1-2-7-13(10)17-14/h1-2,4,7-8,11-12H,3,5-6,9,15H2. The van der Waals surface area contributed by atoms with Crippen molar-refractivity contribution in [3.63, 3.8) is 0 Å². The van der Waals surface area contributed by atoms with Gasteiger partial charge in [-0.25, -0.2) is 0 Å². The Bertz CT molecular complexity index is 469. The Morgan fingerprint density at radius 1 is 1.35 bits per heavy atom. The maximum Gasteiger partial charge on any atom is 0.134 e. The van der Waals surface area contributed by atoms with Crippen LogP contribution >= 0.6 is 0 Å². The molecular weight excluding hydrogens is 214 g/mol. The Hall–Kier alpha value is -1.32. The summed E-state index contributed by atoms with van der Waals surface area (Å²) in [5, 5.41) is 1.10. The number of nitrogens with two attached hydrogens (primary N) is 1. The molecule has 0 amide bonds. The van der Waals surface area contributed by atoms with Gasteiger partial charge in [-0.2, -0.15) is 0 Å². The first-order valence-corrected chi connectivity index (χ1v) is 6.18. The van der Waals surface area contributed by atoms with Gasteiger partial charge in [-0.15, -0.1) is 0 Å². The first-order chi connectivity index (χ1) is 8.33. The molecule has 1 fully saturated rings. The molecule has 3 rings (SSSR count). The lowest BCUT2D eigenvalue weighted by Crippen LogP contribution is -2.26. The van der Waals surface area contributed by atoms with E-state index in [1.54, 1.807) is 0 Å². The molecule has 1 aromatic carbocycles. The molecule has 3 nitrogen and oxygen atoms in total. The Balaban J connectivity index is 1.69. The van der Waals surface area contributed by atoms with Gasteiger partial charge in [-0.3, -0.25) is 0 Å². The highest BCUT2D eigenvalue weighted by atomic mass is 16.5. The molecular formula is C14H17NO2. The van der Waals surface area contributed by atoms with Crippen molar-refractivity contribution in [1.82, 2.24) is 0 Å². The third-order valence-electron chi connectivity index (χ3n) is 3.37. The maximum atomic E-state index is 6.07. The predicted molar refractivity (Wildman–Crippen MR) is 66.7 cm³/mol. The van der Waals surface area contributed by atoms with Crippen LogP contribution in [0.4, 0.5) is 0 Å². The summed E-state index contributed by atoms with van der Waals surface area (Å²) in [7, 11) is 0. The Kier molecular flexibility index (Phi) is 2.87. The van der Waals surface area contributed by atoms with Gasteiger partial charge in [-0.1, -0.05) is 18.2 Å². The van der Waals surface area contributed by atoms with E-state index >= 15 is 0 Å². The highest BCUT2D eigenvalue weighted by Gasteiger charge is 2.20. The lowest BCUT2D eigenvalue weighted by Gasteiger charge is -2.26. The van der Waals surface area contributed by atoms with E-state index in [-0.39, 0.29) is 6.04 Å².